The van der Waals surface area contributed by atoms with Gasteiger partial charge < -0.3 is 10.5 Å². The number of ether oxygens (including phenoxy) is 1. The van der Waals surface area contributed by atoms with Crippen molar-refractivity contribution in [2.24, 2.45) is 11.7 Å². The lowest BCUT2D eigenvalue weighted by Gasteiger charge is -2.27. The second kappa shape index (κ2) is 4.43. The van der Waals surface area contributed by atoms with Gasteiger partial charge in [0.2, 0.25) is 0 Å². The molecule has 2 heteroatoms. The lowest BCUT2D eigenvalue weighted by atomic mass is 9.98. The third kappa shape index (κ3) is 2.96. The highest BCUT2D eigenvalue weighted by Gasteiger charge is 2.25. The van der Waals surface area contributed by atoms with E-state index < -0.39 is 0 Å². The van der Waals surface area contributed by atoms with Crippen LogP contribution >= 0.6 is 0 Å². The second-order valence-corrected chi connectivity index (χ2v) is 4.59. The highest BCUT2D eigenvalue weighted by atomic mass is 16.5. The van der Waals surface area contributed by atoms with Gasteiger partial charge in [-0.25, -0.2) is 0 Å². The summed E-state index contributed by atoms with van der Waals surface area (Å²) in [6, 6.07) is 0.306. The van der Waals surface area contributed by atoms with Crippen molar-refractivity contribution >= 4 is 0 Å². The Kier molecular flexibility index (Phi) is 3.23. The van der Waals surface area contributed by atoms with Crippen LogP contribution in [0, 0.1) is 5.92 Å². The van der Waals surface area contributed by atoms with Crippen LogP contribution in [0.2, 0.25) is 0 Å². The van der Waals surface area contributed by atoms with Crippen LogP contribution in [0.4, 0.5) is 0 Å². The molecule has 1 aliphatic heterocycles. The van der Waals surface area contributed by atoms with Crippen molar-refractivity contribution in [3.63, 3.8) is 0 Å². The summed E-state index contributed by atoms with van der Waals surface area (Å²) >= 11 is 0. The van der Waals surface area contributed by atoms with Crippen molar-refractivity contribution in [2.75, 3.05) is 6.61 Å². The Bertz CT molecular complexity index is 150. The summed E-state index contributed by atoms with van der Waals surface area (Å²) in [5, 5.41) is 0. The molecule has 0 radical (unpaired) electrons. The number of hydrogen-bond acceptors (Lipinski definition) is 2. The fourth-order valence-electron chi connectivity index (χ4n) is 2.12. The molecule has 2 fully saturated rings. The van der Waals surface area contributed by atoms with E-state index in [1.807, 2.05) is 0 Å². The van der Waals surface area contributed by atoms with Crippen molar-refractivity contribution in [1.82, 2.24) is 0 Å². The third-order valence-corrected chi connectivity index (χ3v) is 3.30. The van der Waals surface area contributed by atoms with Crippen molar-refractivity contribution in [2.45, 2.75) is 57.1 Å². The van der Waals surface area contributed by atoms with Crippen molar-refractivity contribution in [3.8, 4) is 0 Å². The van der Waals surface area contributed by atoms with E-state index in [2.05, 4.69) is 0 Å². The average molecular weight is 183 g/mol. The molecule has 2 unspecified atom stereocenters. The van der Waals surface area contributed by atoms with Gasteiger partial charge >= 0.3 is 0 Å². The van der Waals surface area contributed by atoms with E-state index in [1.54, 1.807) is 0 Å². The molecule has 0 aromatic heterocycles. The molecule has 13 heavy (non-hydrogen) atoms. The molecular weight excluding hydrogens is 162 g/mol. The highest BCUT2D eigenvalue weighted by Crippen LogP contribution is 2.34. The fraction of sp³-hybridized carbons (Fsp3) is 1.00. The molecule has 0 bridgehead atoms. The van der Waals surface area contributed by atoms with Gasteiger partial charge in [0, 0.05) is 12.6 Å². The van der Waals surface area contributed by atoms with Gasteiger partial charge in [0.15, 0.2) is 0 Å². The van der Waals surface area contributed by atoms with Gasteiger partial charge in [0.25, 0.3) is 0 Å². The van der Waals surface area contributed by atoms with Crippen LogP contribution in [0.15, 0.2) is 0 Å². The lowest BCUT2D eigenvalue weighted by molar-refractivity contribution is -0.00158. The van der Waals surface area contributed by atoms with Gasteiger partial charge in [-0.1, -0.05) is 12.8 Å². The van der Waals surface area contributed by atoms with E-state index >= 15 is 0 Å². The summed E-state index contributed by atoms with van der Waals surface area (Å²) in [7, 11) is 0. The molecule has 1 heterocycles. The molecule has 1 aliphatic carbocycles. The van der Waals surface area contributed by atoms with Crippen LogP contribution in [0.25, 0.3) is 0 Å². The van der Waals surface area contributed by atoms with Crippen molar-refractivity contribution in [1.29, 1.82) is 0 Å². The Morgan fingerprint density at radius 2 is 2.08 bits per heavy atom. The number of hydrogen-bond donors (Lipinski definition) is 1. The zero-order valence-electron chi connectivity index (χ0n) is 8.37. The zero-order valence-corrected chi connectivity index (χ0v) is 8.37. The monoisotopic (exact) mass is 183 g/mol. The van der Waals surface area contributed by atoms with E-state index in [4.69, 9.17) is 10.5 Å². The number of nitrogens with two attached hydrogens (primary N) is 1. The summed E-state index contributed by atoms with van der Waals surface area (Å²) in [5.41, 5.74) is 6.10. The van der Waals surface area contributed by atoms with Crippen LogP contribution < -0.4 is 5.73 Å². The summed E-state index contributed by atoms with van der Waals surface area (Å²) in [6.45, 7) is 0.932. The predicted octanol–water partition coefficient (Wildman–Crippen LogP) is 2.07. The Labute approximate surface area is 80.8 Å². The first kappa shape index (κ1) is 9.47. The molecular formula is C11H21NO. The molecule has 2 atom stereocenters. The first-order chi connectivity index (χ1) is 6.36. The second-order valence-electron chi connectivity index (χ2n) is 4.59. The third-order valence-electron chi connectivity index (χ3n) is 3.30. The summed E-state index contributed by atoms with van der Waals surface area (Å²) in [6.07, 6.45) is 9.49. The first-order valence-electron chi connectivity index (χ1n) is 5.73. The van der Waals surface area contributed by atoms with E-state index in [9.17, 15) is 0 Å². The Balaban J connectivity index is 1.64. The van der Waals surface area contributed by atoms with Crippen LogP contribution in [0.1, 0.15) is 44.9 Å². The SMILES string of the molecule is NC(CCC1CC1)C1CCCCO1. The maximum absolute atomic E-state index is 6.10. The van der Waals surface area contributed by atoms with Gasteiger partial charge in [-0.3, -0.25) is 0 Å². The van der Waals surface area contributed by atoms with Crippen LogP contribution in [-0.4, -0.2) is 18.8 Å². The van der Waals surface area contributed by atoms with E-state index in [0.717, 1.165) is 12.5 Å². The van der Waals surface area contributed by atoms with Gasteiger partial charge in [0.05, 0.1) is 6.10 Å². The molecule has 2 aliphatic rings. The van der Waals surface area contributed by atoms with Gasteiger partial charge in [-0.05, 0) is 38.0 Å². The van der Waals surface area contributed by atoms with Crippen LogP contribution in [0.5, 0.6) is 0 Å². The quantitative estimate of drug-likeness (QED) is 0.724. The largest absolute Gasteiger partial charge is 0.377 e. The standard InChI is InChI=1S/C11H21NO/c12-10(7-6-9-4-5-9)11-3-1-2-8-13-11/h9-11H,1-8,12H2. The molecule has 1 saturated carbocycles. The number of rotatable bonds is 4. The summed E-state index contributed by atoms with van der Waals surface area (Å²) in [4.78, 5) is 0. The maximum atomic E-state index is 6.10. The summed E-state index contributed by atoms with van der Waals surface area (Å²) in [5.74, 6) is 1.01. The zero-order chi connectivity index (χ0) is 9.10. The van der Waals surface area contributed by atoms with E-state index in [-0.39, 0.29) is 0 Å². The molecule has 2 rings (SSSR count). The Morgan fingerprint density at radius 3 is 2.69 bits per heavy atom. The predicted molar refractivity (Wildman–Crippen MR) is 53.5 cm³/mol. The maximum Gasteiger partial charge on any atom is 0.0725 e. The normalized spacial score (nSPS) is 31.6. The average Bonchev–Trinajstić information content (AvgIpc) is 2.99. The van der Waals surface area contributed by atoms with Gasteiger partial charge in [0.1, 0.15) is 0 Å². The van der Waals surface area contributed by atoms with Gasteiger partial charge in [-0.2, -0.15) is 0 Å². The highest BCUT2D eigenvalue weighted by molar-refractivity contribution is 4.80. The Hall–Kier alpha value is -0.0800. The lowest BCUT2D eigenvalue weighted by Crippen LogP contribution is -2.38. The Morgan fingerprint density at radius 1 is 1.23 bits per heavy atom. The van der Waals surface area contributed by atoms with E-state index in [0.29, 0.717) is 12.1 Å². The minimum absolute atomic E-state index is 0.306. The molecule has 2 N–H and O–H groups in total. The molecule has 0 spiro atoms. The molecule has 2 nitrogen and oxygen atoms in total. The van der Waals surface area contributed by atoms with Crippen LogP contribution in [0.3, 0.4) is 0 Å². The first-order valence-corrected chi connectivity index (χ1v) is 5.73. The van der Waals surface area contributed by atoms with E-state index in [1.165, 1.54) is 44.9 Å². The molecule has 76 valence electrons. The van der Waals surface area contributed by atoms with Crippen molar-refractivity contribution < 1.29 is 4.74 Å². The minimum Gasteiger partial charge on any atom is -0.377 e. The fourth-order valence-corrected chi connectivity index (χ4v) is 2.12. The molecule has 1 saturated heterocycles. The smallest absolute Gasteiger partial charge is 0.0725 e. The minimum atomic E-state index is 0.306. The van der Waals surface area contributed by atoms with Crippen LogP contribution in [-0.2, 0) is 4.74 Å². The summed E-state index contributed by atoms with van der Waals surface area (Å²) < 4.78 is 5.67. The molecule has 0 aromatic carbocycles. The topological polar surface area (TPSA) is 35.2 Å². The molecule has 0 aromatic rings. The molecule has 0 amide bonds. The van der Waals surface area contributed by atoms with Crippen molar-refractivity contribution in [3.05, 3.63) is 0 Å². The van der Waals surface area contributed by atoms with Gasteiger partial charge in [-0.15, -0.1) is 0 Å².